The maximum atomic E-state index is 14.4. The highest BCUT2D eigenvalue weighted by molar-refractivity contribution is 7.46. The number of nitrogens with two attached hydrogens (primary N) is 4. The van der Waals surface area contributed by atoms with Crippen LogP contribution in [0.4, 0.5) is 0 Å². The average Bonchev–Trinajstić information content (AvgIpc) is 1.64. The smallest absolute Gasteiger partial charge is 0.469 e. The lowest BCUT2D eigenvalue weighted by Crippen LogP contribution is -2.60. The molecular formula is C73H125N22O23P. The van der Waals surface area contributed by atoms with E-state index >= 15 is 0 Å². The number of phosphoric ester groups is 1. The van der Waals surface area contributed by atoms with Crippen molar-refractivity contribution >= 4 is 108 Å². The number of carbonyl (C=O) groups excluding carboxylic acids is 15. The molecule has 0 aliphatic carbocycles. The van der Waals surface area contributed by atoms with Crippen LogP contribution in [0.25, 0.3) is 0 Å². The summed E-state index contributed by atoms with van der Waals surface area (Å²) in [6, 6.07) is -19.2. The maximum Gasteiger partial charge on any atom is 0.469 e. The molecule has 0 unspecified atom stereocenters. The van der Waals surface area contributed by atoms with Crippen LogP contribution in [0.1, 0.15) is 177 Å². The number of H-pyrrole nitrogens is 2. The maximum absolute atomic E-state index is 14.4. The number of nitrogens with zero attached hydrogens (tertiary/aromatic N) is 2. The molecule has 119 heavy (non-hydrogen) atoms. The SMILES string of the molecule is CC[C@H](C)[C@H](NC(=O)CNC(=O)[C@H](CC(C)C)NC(=O)[C@@H](NC(=O)[C@H](CC(C)C)NC(=O)[C@H](Cc1cnc[nH]1)NC(=O)[C@@H](N)CC(C)C)C(C)C)C(=O)N[C@@H](CCCCN)C(=O)N[C@@H](CCC(N)=O)C(=O)NCC(=O)N[C@@H](CCC(=O)O)C(=O)N[C@@H](CCCCN)C(=O)N[C@@H](Cc1cnc[nH]1)C(=O)N[C@@H](COP(=O)(O)O)C(=O)N[C@@H](C)C(=O)O. The van der Waals surface area contributed by atoms with E-state index in [-0.39, 0.29) is 94.3 Å². The Kier molecular flexibility index (Phi) is 47.2. The Morgan fingerprint density at radius 2 is 0.824 bits per heavy atom. The van der Waals surface area contributed by atoms with Crippen LogP contribution >= 0.6 is 7.82 Å². The molecule has 2 aromatic heterocycles. The first kappa shape index (κ1) is 104. The van der Waals surface area contributed by atoms with E-state index in [1.165, 1.54) is 25.0 Å². The second kappa shape index (κ2) is 53.8. The molecule has 2 aromatic rings. The number of carbonyl (C=O) groups is 17. The van der Waals surface area contributed by atoms with Crippen molar-refractivity contribution < 1.29 is 111 Å². The Labute approximate surface area is 689 Å². The first-order chi connectivity index (χ1) is 55.8. The van der Waals surface area contributed by atoms with Crippen LogP contribution in [0.5, 0.6) is 0 Å². The lowest BCUT2D eigenvalue weighted by molar-refractivity contribution is -0.142. The number of hydrogen-bond donors (Lipinski definition) is 24. The topological polar surface area (TPSA) is 727 Å². The number of rotatable bonds is 59. The molecule has 0 saturated carbocycles. The van der Waals surface area contributed by atoms with E-state index in [1.807, 2.05) is 33.0 Å². The number of nitrogens with one attached hydrogen (secondary N) is 16. The normalized spacial score (nSPS) is 15.0. The fourth-order valence-electron chi connectivity index (χ4n) is 11.7. The number of primary amides is 1. The summed E-state index contributed by atoms with van der Waals surface area (Å²) in [5, 5.41) is 53.7. The highest BCUT2D eigenvalue weighted by Gasteiger charge is 2.39. The lowest BCUT2D eigenvalue weighted by Gasteiger charge is -2.29. The van der Waals surface area contributed by atoms with Crippen LogP contribution in [0.15, 0.2) is 25.0 Å². The van der Waals surface area contributed by atoms with Gasteiger partial charge in [-0.25, -0.2) is 14.5 Å². The lowest BCUT2D eigenvalue weighted by atomic mass is 9.97. The second-order valence-corrected chi connectivity index (χ2v) is 31.9. The zero-order valence-corrected chi connectivity index (χ0v) is 70.1. The Hall–Kier alpha value is -10.6. The van der Waals surface area contributed by atoms with Crippen LogP contribution in [-0.4, -0.2) is 252 Å². The minimum atomic E-state index is -5.32. The van der Waals surface area contributed by atoms with E-state index in [0.717, 1.165) is 6.92 Å². The van der Waals surface area contributed by atoms with E-state index in [0.29, 0.717) is 18.5 Å². The van der Waals surface area contributed by atoms with Crippen molar-refractivity contribution in [2.24, 2.45) is 52.5 Å². The van der Waals surface area contributed by atoms with E-state index in [2.05, 4.69) is 93.6 Å². The monoisotopic (exact) mass is 1710 g/mol. The number of aromatic amines is 2. The largest absolute Gasteiger partial charge is 0.481 e. The minimum absolute atomic E-state index is 0.0338. The van der Waals surface area contributed by atoms with Crippen LogP contribution in [-0.2, 0) is 103 Å². The summed E-state index contributed by atoms with van der Waals surface area (Å²) < 4.78 is 16.1. The van der Waals surface area contributed by atoms with Crippen molar-refractivity contribution in [3.8, 4) is 0 Å². The Morgan fingerprint density at radius 1 is 0.445 bits per heavy atom. The van der Waals surface area contributed by atoms with Crippen molar-refractivity contribution in [2.75, 3.05) is 32.8 Å². The molecule has 0 spiro atoms. The quantitative estimate of drug-likeness (QED) is 0.0217. The molecule has 0 aliphatic rings. The molecule has 670 valence electrons. The molecule has 15 amide bonds. The molecule has 46 heteroatoms. The van der Waals surface area contributed by atoms with Crippen molar-refractivity contribution in [1.29, 1.82) is 0 Å². The summed E-state index contributed by atoms with van der Waals surface area (Å²) >= 11 is 0. The minimum Gasteiger partial charge on any atom is -0.481 e. The molecule has 0 saturated heterocycles. The Balaban J connectivity index is 2.38. The first-order valence-electron chi connectivity index (χ1n) is 39.5. The van der Waals surface area contributed by atoms with Gasteiger partial charge < -0.3 is 127 Å². The molecule has 0 fully saturated rings. The number of unbranched alkanes of at least 4 members (excludes halogenated alkanes) is 2. The summed E-state index contributed by atoms with van der Waals surface area (Å²) in [5.74, 6) is -18.9. The van der Waals surface area contributed by atoms with E-state index in [9.17, 15) is 106 Å². The van der Waals surface area contributed by atoms with Crippen molar-refractivity contribution in [2.45, 2.75) is 257 Å². The van der Waals surface area contributed by atoms with Gasteiger partial charge in [-0.05, 0) is 120 Å². The molecule has 2 heterocycles. The summed E-state index contributed by atoms with van der Waals surface area (Å²) in [5.41, 5.74) is 23.8. The van der Waals surface area contributed by atoms with Crippen molar-refractivity contribution in [3.05, 3.63) is 36.4 Å². The Bertz CT molecular complexity index is 3710. The Morgan fingerprint density at radius 3 is 1.25 bits per heavy atom. The predicted molar refractivity (Wildman–Crippen MR) is 427 cm³/mol. The molecule has 0 radical (unpaired) electrons. The zero-order valence-electron chi connectivity index (χ0n) is 69.2. The first-order valence-corrected chi connectivity index (χ1v) is 41.0. The van der Waals surface area contributed by atoms with Gasteiger partial charge in [-0.3, -0.25) is 86.0 Å². The third-order valence-electron chi connectivity index (χ3n) is 18.4. The highest BCUT2D eigenvalue weighted by atomic mass is 31.2. The number of carboxylic acid groups (broad SMARTS) is 2. The van der Waals surface area contributed by atoms with E-state index in [1.54, 1.807) is 41.5 Å². The van der Waals surface area contributed by atoms with Gasteiger partial charge in [0.25, 0.3) is 0 Å². The molecule has 0 aromatic carbocycles. The standard InChI is InChI=1S/C73H125N22O23P/c1-12-41(10)60(94-57(98)33-81-63(103)50(26-38(4)5)92-71(111)59(40(8)9)95-69(109)51(27-39(6)7)90-67(107)52(28-43-30-78-35-82-43)89-61(101)45(76)25-37(2)3)72(112)88-47(18-14-16-24-75)64(104)87-48(19-21-55(77)96)62(102)80-32-56(97)85-49(20-22-58(99)100)66(106)86-46(17-13-15-23-74)65(105)91-53(29-44-31-79-36-83-44)68(108)93-54(34-118-119(115,116)117)70(110)84-42(11)73(113)114/h30-31,35-42,45-54,59-60H,12-29,32-34,74-76H2,1-11H3,(H2,77,96)(H,78,82)(H,79,83)(H,80,102)(H,81,103)(H,84,110)(H,85,97)(H,86,106)(H,87,104)(H,88,112)(H,89,101)(H,90,107)(H,91,105)(H,92,111)(H,93,108)(H,94,98)(H,95,109)(H,99,100)(H,113,114)(H2,115,116,117)/t41-,42-,45-,46-,47-,48-,49-,50-,51-,52-,53-,54-,59-,60-/m0/s1. The summed E-state index contributed by atoms with van der Waals surface area (Å²) in [6.07, 6.45) is 3.80. The number of aromatic nitrogens is 4. The average molecular weight is 1710 g/mol. The molecule has 0 aliphatic heterocycles. The van der Waals surface area contributed by atoms with Gasteiger partial charge in [0, 0.05) is 49.5 Å². The van der Waals surface area contributed by atoms with Crippen LogP contribution < -0.4 is 97.4 Å². The summed E-state index contributed by atoms with van der Waals surface area (Å²) in [6.45, 7) is 15.9. The third kappa shape index (κ3) is 41.6. The second-order valence-electron chi connectivity index (χ2n) is 30.6. The van der Waals surface area contributed by atoms with E-state index < -0.39 is 251 Å². The van der Waals surface area contributed by atoms with Gasteiger partial charge in [0.1, 0.15) is 72.5 Å². The molecular weight excluding hydrogens is 1580 g/mol. The number of carboxylic acids is 2. The number of aliphatic carboxylic acids is 2. The van der Waals surface area contributed by atoms with Gasteiger partial charge in [-0.1, -0.05) is 75.7 Å². The fourth-order valence-corrected chi connectivity index (χ4v) is 12.1. The van der Waals surface area contributed by atoms with Gasteiger partial charge in [0.05, 0.1) is 38.4 Å². The summed E-state index contributed by atoms with van der Waals surface area (Å²) in [7, 11) is -5.32. The zero-order chi connectivity index (χ0) is 90.0. The van der Waals surface area contributed by atoms with Crippen molar-refractivity contribution in [3.63, 3.8) is 0 Å². The number of amides is 15. The summed E-state index contributed by atoms with van der Waals surface area (Å²) in [4.78, 5) is 264. The van der Waals surface area contributed by atoms with Gasteiger partial charge in [0.15, 0.2) is 0 Å². The molecule has 14 atom stereocenters. The molecule has 2 rings (SSSR count). The fraction of sp³-hybridized carbons (Fsp3) is 0.685. The number of imidazole rings is 2. The number of hydrogen-bond acceptors (Lipinski definition) is 24. The highest BCUT2D eigenvalue weighted by Crippen LogP contribution is 2.35. The van der Waals surface area contributed by atoms with Crippen LogP contribution in [0.2, 0.25) is 0 Å². The van der Waals surface area contributed by atoms with E-state index in [4.69, 9.17) is 22.9 Å². The molecule has 45 nitrogen and oxygen atoms in total. The molecule has 28 N–H and O–H groups in total. The van der Waals surface area contributed by atoms with Gasteiger partial charge in [0.2, 0.25) is 88.6 Å². The van der Waals surface area contributed by atoms with Gasteiger partial charge in [-0.2, -0.15) is 0 Å². The third-order valence-corrected chi connectivity index (χ3v) is 18.9. The van der Waals surface area contributed by atoms with Gasteiger partial charge >= 0.3 is 19.8 Å². The number of phosphoric acid groups is 1. The van der Waals surface area contributed by atoms with Crippen molar-refractivity contribution in [1.82, 2.24) is 94.4 Å². The van der Waals surface area contributed by atoms with Crippen LogP contribution in [0, 0.1) is 29.6 Å². The van der Waals surface area contributed by atoms with Crippen LogP contribution in [0.3, 0.4) is 0 Å². The predicted octanol–water partition coefficient (Wildman–Crippen LogP) is -5.26. The molecule has 0 bridgehead atoms. The van der Waals surface area contributed by atoms with Gasteiger partial charge in [-0.15, -0.1) is 0 Å².